The van der Waals surface area contributed by atoms with Gasteiger partial charge in [0.15, 0.2) is 0 Å². The summed E-state index contributed by atoms with van der Waals surface area (Å²) in [6.07, 6.45) is 1.52. The largest absolute Gasteiger partial charge is 0.465 e. The fourth-order valence-electron chi connectivity index (χ4n) is 4.14. The van der Waals surface area contributed by atoms with Crippen LogP contribution in [0.15, 0.2) is 80.9 Å². The summed E-state index contributed by atoms with van der Waals surface area (Å²) in [4.78, 5) is 27.5. The smallest absolute Gasteiger partial charge is 0.343 e. The summed E-state index contributed by atoms with van der Waals surface area (Å²) in [5.74, 6) is -0.565. The van der Waals surface area contributed by atoms with E-state index in [1.165, 1.54) is 37.5 Å². The van der Waals surface area contributed by atoms with Crippen LogP contribution < -0.4 is 9.62 Å². The maximum Gasteiger partial charge on any atom is 0.343 e. The Labute approximate surface area is 220 Å². The van der Waals surface area contributed by atoms with Crippen LogP contribution in [0.1, 0.15) is 29.6 Å². The van der Waals surface area contributed by atoms with Crippen molar-refractivity contribution in [3.8, 4) is 0 Å². The average Bonchev–Trinajstić information content (AvgIpc) is 3.39. The van der Waals surface area contributed by atoms with Crippen molar-refractivity contribution in [2.75, 3.05) is 12.0 Å². The van der Waals surface area contributed by atoms with E-state index in [0.29, 0.717) is 22.2 Å². The van der Waals surface area contributed by atoms with E-state index >= 15 is 0 Å². The van der Waals surface area contributed by atoms with Crippen molar-refractivity contribution in [2.24, 2.45) is 0 Å². The summed E-state index contributed by atoms with van der Waals surface area (Å²) in [5, 5.41) is 0.430. The van der Waals surface area contributed by atoms with Crippen molar-refractivity contribution in [2.45, 2.75) is 32.2 Å². The Balaban J connectivity index is 1.63. The van der Waals surface area contributed by atoms with Gasteiger partial charge in [0.25, 0.3) is 0 Å². The van der Waals surface area contributed by atoms with E-state index in [1.54, 1.807) is 24.0 Å². The van der Waals surface area contributed by atoms with Gasteiger partial charge < -0.3 is 14.1 Å². The third kappa shape index (κ3) is 5.53. The highest BCUT2D eigenvalue weighted by Crippen LogP contribution is 2.36. The molecule has 1 N–H and O–H groups in total. The maximum atomic E-state index is 13.3. The zero-order valence-corrected chi connectivity index (χ0v) is 22.2. The highest BCUT2D eigenvalue weighted by atomic mass is 35.5. The summed E-state index contributed by atoms with van der Waals surface area (Å²) >= 11 is 5.83. The molecule has 1 aliphatic heterocycles. The molecular weight excluding hydrogens is 516 g/mol. The van der Waals surface area contributed by atoms with E-state index in [2.05, 4.69) is 4.72 Å². The number of furan rings is 1. The molecule has 0 aliphatic carbocycles. The predicted octanol–water partition coefficient (Wildman–Crippen LogP) is 4.91. The third-order valence-corrected chi connectivity index (χ3v) is 7.44. The van der Waals surface area contributed by atoms with Crippen LogP contribution in [0.4, 0.5) is 5.69 Å². The fourth-order valence-corrected chi connectivity index (χ4v) is 5.26. The second-order valence-electron chi connectivity index (χ2n) is 8.57. The number of aryl methyl sites for hydroxylation is 2. The van der Waals surface area contributed by atoms with Gasteiger partial charge in [0.05, 0.1) is 24.2 Å². The van der Waals surface area contributed by atoms with Gasteiger partial charge in [-0.15, -0.1) is 0 Å². The minimum absolute atomic E-state index is 0.0598. The van der Waals surface area contributed by atoms with Crippen LogP contribution >= 0.6 is 11.6 Å². The van der Waals surface area contributed by atoms with E-state index in [1.807, 2.05) is 32.0 Å². The second-order valence-corrected chi connectivity index (χ2v) is 10.8. The Morgan fingerprint density at radius 1 is 1.05 bits per heavy atom. The molecule has 1 aromatic heterocycles. The molecule has 0 spiro atoms. The molecular formula is C27H25ClN2O6S. The van der Waals surface area contributed by atoms with Gasteiger partial charge in [0, 0.05) is 22.5 Å². The van der Waals surface area contributed by atoms with Crippen molar-refractivity contribution in [3.05, 3.63) is 99.2 Å². The van der Waals surface area contributed by atoms with Gasteiger partial charge in [-0.05, 0) is 80.4 Å². The van der Waals surface area contributed by atoms with Crippen LogP contribution in [-0.2, 0) is 30.9 Å². The van der Waals surface area contributed by atoms with E-state index in [-0.39, 0.29) is 22.7 Å². The number of nitrogens with one attached hydrogen (secondary N) is 1. The fraction of sp³-hybridized carbons (Fsp3) is 0.185. The molecule has 1 aliphatic rings. The first-order valence-electron chi connectivity index (χ1n) is 11.3. The molecule has 192 valence electrons. The van der Waals surface area contributed by atoms with Gasteiger partial charge >= 0.3 is 5.97 Å². The van der Waals surface area contributed by atoms with Crippen LogP contribution in [0.5, 0.6) is 0 Å². The molecule has 0 amide bonds. The van der Waals surface area contributed by atoms with Crippen LogP contribution in [0.2, 0.25) is 5.02 Å². The monoisotopic (exact) mass is 540 g/mol. The van der Waals surface area contributed by atoms with Gasteiger partial charge in [-0.2, -0.15) is 0 Å². The lowest BCUT2D eigenvalue weighted by atomic mass is 10.1. The van der Waals surface area contributed by atoms with Crippen LogP contribution in [0.3, 0.4) is 0 Å². The normalized spacial score (nSPS) is 15.1. The molecule has 0 unspecified atom stereocenters. The predicted molar refractivity (Wildman–Crippen MR) is 140 cm³/mol. The number of allylic oxidation sites excluding steroid dienone is 2. The lowest BCUT2D eigenvalue weighted by Gasteiger charge is -2.22. The zero-order valence-electron chi connectivity index (χ0n) is 20.7. The molecule has 10 heteroatoms. The van der Waals surface area contributed by atoms with Crippen molar-refractivity contribution in [1.82, 2.24) is 4.72 Å². The molecule has 2 heterocycles. The van der Waals surface area contributed by atoms with Crippen molar-refractivity contribution in [3.63, 3.8) is 0 Å². The number of benzene rings is 2. The molecule has 0 bridgehead atoms. The topological polar surface area (TPSA) is 106 Å². The standard InChI is InChI=1S/C27H25ClN2O6S/c1-16-11-17(2)13-20(12-16)30-18(3)25(27(32)35-4)26(31)24(30)14-21-7-8-22(36-21)15-29-37(33,34)23-9-5-19(28)6-10-23/h5-14,29H,15H2,1-4H3/b24-14+. The van der Waals surface area contributed by atoms with E-state index in [9.17, 15) is 18.0 Å². The number of rotatable bonds is 7. The number of Topliss-reactive ketones (excluding diaryl/α,β-unsaturated/α-hetero) is 1. The zero-order chi connectivity index (χ0) is 26.9. The SMILES string of the molecule is COC(=O)C1=C(C)N(c2cc(C)cc(C)c2)/C(=C/c2ccc(CNS(=O)(=O)c3ccc(Cl)cc3)o2)C1=O. The van der Waals surface area contributed by atoms with Crippen molar-refractivity contribution in [1.29, 1.82) is 0 Å². The summed E-state index contributed by atoms with van der Waals surface area (Å²) < 4.78 is 38.2. The number of nitrogens with zero attached hydrogens (tertiary/aromatic N) is 1. The molecule has 0 radical (unpaired) electrons. The number of hydrogen-bond donors (Lipinski definition) is 1. The number of halogens is 1. The van der Waals surface area contributed by atoms with Gasteiger partial charge in [0.1, 0.15) is 17.1 Å². The highest BCUT2D eigenvalue weighted by molar-refractivity contribution is 7.89. The van der Waals surface area contributed by atoms with Crippen molar-refractivity contribution >= 4 is 45.1 Å². The molecule has 0 saturated heterocycles. The Morgan fingerprint density at radius 3 is 2.32 bits per heavy atom. The van der Waals surface area contributed by atoms with Gasteiger partial charge in [0.2, 0.25) is 15.8 Å². The second kappa shape index (κ2) is 10.4. The first-order chi connectivity index (χ1) is 17.5. The molecule has 37 heavy (non-hydrogen) atoms. The van der Waals surface area contributed by atoms with E-state index < -0.39 is 21.8 Å². The average molecular weight is 541 g/mol. The summed E-state index contributed by atoms with van der Waals surface area (Å²) in [6.45, 7) is 5.47. The minimum Gasteiger partial charge on any atom is -0.465 e. The van der Waals surface area contributed by atoms with Crippen LogP contribution in [0.25, 0.3) is 6.08 Å². The van der Waals surface area contributed by atoms with Gasteiger partial charge in [-0.25, -0.2) is 17.9 Å². The molecule has 0 atom stereocenters. The Kier molecular flexibility index (Phi) is 7.40. The van der Waals surface area contributed by atoms with E-state index in [0.717, 1.165) is 16.8 Å². The number of sulfonamides is 1. The number of esters is 1. The quantitative estimate of drug-likeness (QED) is 0.258. The summed E-state index contributed by atoms with van der Waals surface area (Å²) in [7, 11) is -2.56. The van der Waals surface area contributed by atoms with Crippen LogP contribution in [-0.4, -0.2) is 27.3 Å². The van der Waals surface area contributed by atoms with Crippen LogP contribution in [0, 0.1) is 13.8 Å². The van der Waals surface area contributed by atoms with Gasteiger partial charge in [-0.3, -0.25) is 4.79 Å². The maximum absolute atomic E-state index is 13.3. The lowest BCUT2D eigenvalue weighted by Crippen LogP contribution is -2.22. The molecule has 8 nitrogen and oxygen atoms in total. The summed E-state index contributed by atoms with van der Waals surface area (Å²) in [5.41, 5.74) is 3.30. The number of methoxy groups -OCH3 is 1. The number of ether oxygens (including phenoxy) is 1. The Morgan fingerprint density at radius 2 is 1.70 bits per heavy atom. The molecule has 2 aromatic carbocycles. The van der Waals surface area contributed by atoms with E-state index in [4.69, 9.17) is 20.8 Å². The molecule has 0 fully saturated rings. The van der Waals surface area contributed by atoms with Gasteiger partial charge in [-0.1, -0.05) is 17.7 Å². The molecule has 4 rings (SSSR count). The lowest BCUT2D eigenvalue weighted by molar-refractivity contribution is -0.137. The highest BCUT2D eigenvalue weighted by Gasteiger charge is 2.38. The number of hydrogen-bond acceptors (Lipinski definition) is 7. The number of anilines is 1. The van der Waals surface area contributed by atoms with Crippen molar-refractivity contribution < 1.29 is 27.2 Å². The first kappa shape index (κ1) is 26.4. The minimum atomic E-state index is -3.78. The number of ketones is 1. The molecule has 3 aromatic rings. The summed E-state index contributed by atoms with van der Waals surface area (Å²) in [6, 6.07) is 14.9. The first-order valence-corrected chi connectivity index (χ1v) is 13.1. The number of carbonyl (C=O) groups is 2. The molecule has 0 saturated carbocycles. The third-order valence-electron chi connectivity index (χ3n) is 5.77. The number of carbonyl (C=O) groups excluding carboxylic acids is 2. The Bertz CT molecular complexity index is 1530. The Hall–Kier alpha value is -3.66.